The molecule has 2 aromatic rings. The van der Waals surface area contributed by atoms with Crippen molar-refractivity contribution in [2.45, 2.75) is 13.5 Å². The summed E-state index contributed by atoms with van der Waals surface area (Å²) in [5, 5.41) is 5.40. The van der Waals surface area contributed by atoms with Crippen LogP contribution in [-0.4, -0.2) is 67.1 Å². The van der Waals surface area contributed by atoms with Crippen LogP contribution in [0.5, 0.6) is 5.75 Å². The lowest BCUT2D eigenvalue weighted by Crippen LogP contribution is -2.48. The molecule has 1 aromatic carbocycles. The molecule has 1 saturated heterocycles. The fourth-order valence-electron chi connectivity index (χ4n) is 3.32. The van der Waals surface area contributed by atoms with E-state index in [2.05, 4.69) is 20.5 Å². The number of benzene rings is 1. The number of ether oxygens (including phenoxy) is 2. The molecule has 0 spiro atoms. The number of anilines is 2. The van der Waals surface area contributed by atoms with E-state index >= 15 is 0 Å². The molecule has 1 aliphatic heterocycles. The van der Waals surface area contributed by atoms with E-state index in [0.29, 0.717) is 44.1 Å². The average molecular weight is 430 g/mol. The van der Waals surface area contributed by atoms with Crippen molar-refractivity contribution in [3.63, 3.8) is 0 Å². The molecule has 0 unspecified atom stereocenters. The molecule has 9 nitrogen and oxygen atoms in total. The number of pyridine rings is 1. The van der Waals surface area contributed by atoms with Gasteiger partial charge in [0.2, 0.25) is 6.86 Å². The highest BCUT2D eigenvalue weighted by Crippen LogP contribution is 2.31. The van der Waals surface area contributed by atoms with E-state index in [1.54, 1.807) is 35.4 Å². The predicted molar refractivity (Wildman–Crippen MR) is 114 cm³/mol. The minimum absolute atomic E-state index is 0.276. The average Bonchev–Trinajstić information content (AvgIpc) is 2.77. The second-order valence-electron chi connectivity index (χ2n) is 7.05. The number of carbonyl (C=O) groups is 2. The van der Waals surface area contributed by atoms with Gasteiger partial charge in [-0.25, -0.2) is 14.0 Å². The molecule has 1 fully saturated rings. The van der Waals surface area contributed by atoms with Crippen molar-refractivity contribution in [1.29, 1.82) is 0 Å². The topological polar surface area (TPSA) is 96.0 Å². The normalized spacial score (nSPS) is 14.1. The number of piperazine rings is 1. The standard InChI is InChI=1S/C21H26FN5O4/c1-15-6-7-17(12-23-15)24-20(28)25-18-5-3-4-16(19(18)31-14-22)13-26-8-10-27(11-9-26)21(29)30-2/h3-7,12H,8-11,13-14H2,1-2H3,(H2,24,25,28)/i22-1. The molecule has 2 heterocycles. The first-order valence-electron chi connectivity index (χ1n) is 9.86. The Bertz CT molecular complexity index is 901. The van der Waals surface area contributed by atoms with Gasteiger partial charge in [0.1, 0.15) is 0 Å². The molecule has 2 N–H and O–H groups in total. The van der Waals surface area contributed by atoms with E-state index < -0.39 is 12.9 Å². The first-order chi connectivity index (χ1) is 15.0. The van der Waals surface area contributed by atoms with Gasteiger partial charge in [-0.15, -0.1) is 0 Å². The Morgan fingerprint density at radius 2 is 1.90 bits per heavy atom. The van der Waals surface area contributed by atoms with Crippen LogP contribution in [0.25, 0.3) is 0 Å². The van der Waals surface area contributed by atoms with E-state index in [1.165, 1.54) is 7.11 Å². The summed E-state index contributed by atoms with van der Waals surface area (Å²) in [5.41, 5.74) is 2.47. The number of halogens is 1. The van der Waals surface area contributed by atoms with Gasteiger partial charge in [-0.05, 0) is 25.1 Å². The maximum Gasteiger partial charge on any atom is 0.409 e. The third-order valence-electron chi connectivity index (χ3n) is 4.91. The van der Waals surface area contributed by atoms with Crippen LogP contribution in [0.15, 0.2) is 36.5 Å². The van der Waals surface area contributed by atoms with E-state index in [1.807, 2.05) is 13.0 Å². The summed E-state index contributed by atoms with van der Waals surface area (Å²) in [6, 6.07) is 8.28. The van der Waals surface area contributed by atoms with Crippen molar-refractivity contribution in [3.8, 4) is 5.75 Å². The summed E-state index contributed by atoms with van der Waals surface area (Å²) in [6.45, 7) is 3.68. The van der Waals surface area contributed by atoms with Crippen LogP contribution in [0, 0.1) is 6.92 Å². The zero-order valence-corrected chi connectivity index (χ0v) is 17.6. The number of aryl methyl sites for hydroxylation is 1. The number of para-hydroxylation sites is 1. The number of amides is 3. The van der Waals surface area contributed by atoms with Gasteiger partial charge in [-0.1, -0.05) is 12.1 Å². The van der Waals surface area contributed by atoms with Crippen LogP contribution in [0.3, 0.4) is 0 Å². The summed E-state index contributed by atoms with van der Waals surface area (Å²) >= 11 is 0. The number of nitrogens with zero attached hydrogens (tertiary/aromatic N) is 3. The molecule has 1 aromatic heterocycles. The minimum Gasteiger partial charge on any atom is -0.460 e. The lowest BCUT2D eigenvalue weighted by Gasteiger charge is -2.34. The van der Waals surface area contributed by atoms with Gasteiger partial charge < -0.3 is 25.0 Å². The fraction of sp³-hybridized carbons (Fsp3) is 0.381. The number of methoxy groups -OCH3 is 1. The van der Waals surface area contributed by atoms with Crippen LogP contribution < -0.4 is 15.4 Å². The lowest BCUT2D eigenvalue weighted by molar-refractivity contribution is 0.0882. The Labute approximate surface area is 180 Å². The monoisotopic (exact) mass is 430 g/mol. The second-order valence-corrected chi connectivity index (χ2v) is 7.05. The van der Waals surface area contributed by atoms with Crippen molar-refractivity contribution in [2.24, 2.45) is 0 Å². The third-order valence-corrected chi connectivity index (χ3v) is 4.91. The largest absolute Gasteiger partial charge is 0.460 e. The van der Waals surface area contributed by atoms with Gasteiger partial charge in [0.05, 0.1) is 24.7 Å². The van der Waals surface area contributed by atoms with E-state index in [-0.39, 0.29) is 11.8 Å². The summed E-state index contributed by atoms with van der Waals surface area (Å²) in [7, 11) is 1.36. The Balaban J connectivity index is 1.67. The quantitative estimate of drug-likeness (QED) is 0.731. The van der Waals surface area contributed by atoms with Crippen molar-refractivity contribution in [2.75, 3.05) is 50.8 Å². The first kappa shape index (κ1) is 22.3. The molecular formula is C21H26FN5O4. The summed E-state index contributed by atoms with van der Waals surface area (Å²) in [5.74, 6) is 0.276. The first-order valence-corrected chi connectivity index (χ1v) is 9.86. The molecule has 3 rings (SSSR count). The highest BCUT2D eigenvalue weighted by Gasteiger charge is 2.23. The summed E-state index contributed by atoms with van der Waals surface area (Å²) in [6.07, 6.45) is 1.21. The maximum absolute atomic E-state index is 13.1. The number of aromatic nitrogens is 1. The van der Waals surface area contributed by atoms with Crippen molar-refractivity contribution in [1.82, 2.24) is 14.8 Å². The summed E-state index contributed by atoms with van der Waals surface area (Å²) in [4.78, 5) is 31.9. The Hall–Kier alpha value is -3.40. The third kappa shape index (κ3) is 6.05. The van der Waals surface area contributed by atoms with Gasteiger partial charge in [-0.2, -0.15) is 0 Å². The highest BCUT2D eigenvalue weighted by molar-refractivity contribution is 6.00. The molecule has 0 radical (unpaired) electrons. The van der Waals surface area contributed by atoms with Crippen LogP contribution in [-0.2, 0) is 11.3 Å². The number of alkyl halides is 1. The van der Waals surface area contributed by atoms with Gasteiger partial charge in [-0.3, -0.25) is 9.88 Å². The molecule has 0 aliphatic carbocycles. The number of rotatable bonds is 6. The van der Waals surface area contributed by atoms with Crippen molar-refractivity contribution >= 4 is 23.5 Å². The van der Waals surface area contributed by atoms with Crippen molar-refractivity contribution in [3.05, 3.63) is 47.8 Å². The van der Waals surface area contributed by atoms with Gasteiger partial charge in [0.25, 0.3) is 0 Å². The molecule has 10 heteroatoms. The van der Waals surface area contributed by atoms with Gasteiger partial charge in [0, 0.05) is 44.0 Å². The second kappa shape index (κ2) is 10.6. The number of hydrogen-bond acceptors (Lipinski definition) is 6. The maximum atomic E-state index is 13.1. The van der Waals surface area contributed by atoms with Crippen LogP contribution in [0.2, 0.25) is 0 Å². The Kier molecular flexibility index (Phi) is 7.60. The molecule has 0 saturated carbocycles. The molecule has 1 aliphatic rings. The predicted octanol–water partition coefficient (Wildman–Crippen LogP) is 3.22. The number of urea groups is 1. The molecule has 0 bridgehead atoms. The van der Waals surface area contributed by atoms with Crippen LogP contribution in [0.4, 0.5) is 25.4 Å². The minimum atomic E-state index is -1.02. The number of nitrogens with one attached hydrogen (secondary N) is 2. The SMILES string of the molecule is COC(=O)N1CCN(Cc2cccc(NC(=O)Nc3ccc(C)nc3)c2OC[18F])CC1. The Morgan fingerprint density at radius 3 is 2.55 bits per heavy atom. The smallest absolute Gasteiger partial charge is 0.409 e. The highest BCUT2D eigenvalue weighted by atomic mass is 18.2. The zero-order chi connectivity index (χ0) is 22.2. The fourth-order valence-corrected chi connectivity index (χ4v) is 3.32. The number of hydrogen-bond donors (Lipinski definition) is 2. The van der Waals surface area contributed by atoms with Crippen molar-refractivity contribution < 1.29 is 23.5 Å². The number of carbonyl (C=O) groups excluding carboxylic acids is 2. The summed E-state index contributed by atoms with van der Waals surface area (Å²) < 4.78 is 23.1. The van der Waals surface area contributed by atoms with Crippen LogP contribution >= 0.6 is 0 Å². The molecule has 3 amide bonds. The zero-order valence-electron chi connectivity index (χ0n) is 17.6. The van der Waals surface area contributed by atoms with E-state index in [4.69, 9.17) is 9.47 Å². The molecule has 166 valence electrons. The van der Waals surface area contributed by atoms with Gasteiger partial charge in [0.15, 0.2) is 5.75 Å². The van der Waals surface area contributed by atoms with E-state index in [9.17, 15) is 14.0 Å². The molecule has 31 heavy (non-hydrogen) atoms. The van der Waals surface area contributed by atoms with E-state index in [0.717, 1.165) is 11.3 Å². The van der Waals surface area contributed by atoms with Gasteiger partial charge >= 0.3 is 12.1 Å². The molecule has 0 atom stereocenters. The molecular weight excluding hydrogens is 404 g/mol. The lowest BCUT2D eigenvalue weighted by atomic mass is 10.1. The van der Waals surface area contributed by atoms with Crippen LogP contribution in [0.1, 0.15) is 11.3 Å². The Morgan fingerprint density at radius 1 is 1.13 bits per heavy atom.